The van der Waals surface area contributed by atoms with Gasteiger partial charge in [0.2, 0.25) is 15.9 Å². The van der Waals surface area contributed by atoms with Crippen LogP contribution in [-0.4, -0.2) is 44.3 Å². The molecule has 6 nitrogen and oxygen atoms in total. The third-order valence-corrected chi connectivity index (χ3v) is 5.91. The molecular weight excluding hydrogens is 325 g/mol. The van der Waals surface area contributed by atoms with Crippen LogP contribution in [0, 0.1) is 0 Å². The third kappa shape index (κ3) is 2.77. The molecule has 0 saturated carbocycles. The van der Waals surface area contributed by atoms with Crippen LogP contribution in [0.5, 0.6) is 0 Å². The molecule has 1 fully saturated rings. The van der Waals surface area contributed by atoms with Crippen molar-refractivity contribution in [2.75, 3.05) is 19.6 Å². The summed E-state index contributed by atoms with van der Waals surface area (Å²) in [7, 11) is -3.93. The molecule has 0 bridgehead atoms. The Morgan fingerprint density at radius 2 is 2.10 bits per heavy atom. The zero-order chi connectivity index (χ0) is 14.9. The molecule has 1 atom stereocenters. The first-order chi connectivity index (χ1) is 9.35. The van der Waals surface area contributed by atoms with Gasteiger partial charge in [0.05, 0.1) is 10.0 Å². The van der Waals surface area contributed by atoms with Gasteiger partial charge in [0.25, 0.3) is 0 Å². The molecule has 0 radical (unpaired) electrons. The second-order valence-electron chi connectivity index (χ2n) is 4.29. The van der Waals surface area contributed by atoms with Gasteiger partial charge in [-0.2, -0.15) is 4.31 Å². The fourth-order valence-corrected chi connectivity index (χ4v) is 4.36. The lowest BCUT2D eigenvalue weighted by Gasteiger charge is -2.33. The molecule has 1 amide bonds. The Bertz CT molecular complexity index is 636. The highest BCUT2D eigenvalue weighted by Gasteiger charge is 2.37. The number of nitrogens with two attached hydrogens (primary N) is 1. The van der Waals surface area contributed by atoms with Crippen molar-refractivity contribution >= 4 is 39.1 Å². The smallest absolute Gasteiger partial charge is 0.245 e. The van der Waals surface area contributed by atoms with Crippen LogP contribution in [0.15, 0.2) is 23.1 Å². The van der Waals surface area contributed by atoms with Crippen molar-refractivity contribution in [3.63, 3.8) is 0 Å². The minimum atomic E-state index is -3.93. The van der Waals surface area contributed by atoms with E-state index < -0.39 is 22.0 Å². The monoisotopic (exact) mass is 337 g/mol. The van der Waals surface area contributed by atoms with E-state index >= 15 is 0 Å². The number of hydrogen-bond donors (Lipinski definition) is 2. The van der Waals surface area contributed by atoms with Crippen molar-refractivity contribution in [2.24, 2.45) is 5.73 Å². The second-order valence-corrected chi connectivity index (χ2v) is 6.93. The molecule has 1 aliphatic heterocycles. The largest absolute Gasteiger partial charge is 0.368 e. The highest BCUT2D eigenvalue weighted by Crippen LogP contribution is 2.31. The summed E-state index contributed by atoms with van der Waals surface area (Å²) in [6, 6.07) is 3.39. The van der Waals surface area contributed by atoms with Crippen LogP contribution < -0.4 is 11.1 Å². The van der Waals surface area contributed by atoms with E-state index in [1.54, 1.807) is 0 Å². The van der Waals surface area contributed by atoms with E-state index in [0.29, 0.717) is 6.54 Å². The predicted octanol–water partition coefficient (Wildman–Crippen LogP) is 0.441. The summed E-state index contributed by atoms with van der Waals surface area (Å²) in [5.74, 6) is -0.709. The number of nitrogens with zero attached hydrogens (tertiary/aromatic N) is 1. The summed E-state index contributed by atoms with van der Waals surface area (Å²) >= 11 is 11.8. The van der Waals surface area contributed by atoms with Gasteiger partial charge < -0.3 is 11.1 Å². The Balaban J connectivity index is 2.48. The number of carbonyl (C=O) groups is 1. The van der Waals surface area contributed by atoms with Gasteiger partial charge in [0.1, 0.15) is 10.9 Å². The Morgan fingerprint density at radius 1 is 1.40 bits per heavy atom. The van der Waals surface area contributed by atoms with Crippen molar-refractivity contribution in [3.05, 3.63) is 28.2 Å². The van der Waals surface area contributed by atoms with Crippen molar-refractivity contribution in [3.8, 4) is 0 Å². The summed E-state index contributed by atoms with van der Waals surface area (Å²) < 4.78 is 26.3. The van der Waals surface area contributed by atoms with Crippen LogP contribution in [0.2, 0.25) is 10.0 Å². The number of amides is 1. The standard InChI is InChI=1S/C11H13Cl2N3O3S/c12-7-2-1-3-9(10(7)13)20(18,19)16-5-4-15-6-8(16)11(14)17/h1-3,8,15H,4-6H2,(H2,14,17). The van der Waals surface area contributed by atoms with E-state index in [-0.39, 0.29) is 28.0 Å². The van der Waals surface area contributed by atoms with Gasteiger partial charge in [-0.15, -0.1) is 0 Å². The zero-order valence-corrected chi connectivity index (χ0v) is 12.7. The van der Waals surface area contributed by atoms with Gasteiger partial charge in [-0.1, -0.05) is 29.3 Å². The zero-order valence-electron chi connectivity index (χ0n) is 10.3. The summed E-state index contributed by atoms with van der Waals surface area (Å²) in [6.07, 6.45) is 0. The van der Waals surface area contributed by atoms with E-state index in [1.807, 2.05) is 0 Å². The molecule has 1 aromatic carbocycles. The number of piperazine rings is 1. The molecule has 0 aliphatic carbocycles. The van der Waals surface area contributed by atoms with Crippen LogP contribution in [0.3, 0.4) is 0 Å². The fourth-order valence-electron chi connectivity index (χ4n) is 2.03. The third-order valence-electron chi connectivity index (χ3n) is 3.03. The van der Waals surface area contributed by atoms with Crippen LogP contribution in [0.25, 0.3) is 0 Å². The molecule has 9 heteroatoms. The minimum Gasteiger partial charge on any atom is -0.368 e. The van der Waals surface area contributed by atoms with Gasteiger partial charge in [-0.25, -0.2) is 8.42 Å². The van der Waals surface area contributed by atoms with Crippen LogP contribution in [0.4, 0.5) is 0 Å². The summed E-state index contributed by atoms with van der Waals surface area (Å²) in [5.41, 5.74) is 5.26. The molecular formula is C11H13Cl2N3O3S. The topological polar surface area (TPSA) is 92.5 Å². The molecule has 110 valence electrons. The number of benzene rings is 1. The molecule has 0 spiro atoms. The quantitative estimate of drug-likeness (QED) is 0.837. The predicted molar refractivity (Wildman–Crippen MR) is 76.2 cm³/mol. The number of nitrogens with one attached hydrogen (secondary N) is 1. The lowest BCUT2D eigenvalue weighted by atomic mass is 10.2. The Hall–Kier alpha value is -0.860. The average Bonchev–Trinajstić information content (AvgIpc) is 2.41. The normalized spacial score (nSPS) is 20.8. The number of halogens is 2. The molecule has 20 heavy (non-hydrogen) atoms. The van der Waals surface area contributed by atoms with Gasteiger partial charge in [-0.3, -0.25) is 4.79 Å². The van der Waals surface area contributed by atoms with Crippen molar-refractivity contribution < 1.29 is 13.2 Å². The first kappa shape index (κ1) is 15.5. The van der Waals surface area contributed by atoms with Gasteiger partial charge in [-0.05, 0) is 12.1 Å². The Morgan fingerprint density at radius 3 is 2.75 bits per heavy atom. The van der Waals surface area contributed by atoms with Gasteiger partial charge in [0.15, 0.2) is 0 Å². The fraction of sp³-hybridized carbons (Fsp3) is 0.364. The highest BCUT2D eigenvalue weighted by atomic mass is 35.5. The molecule has 1 aliphatic rings. The van der Waals surface area contributed by atoms with E-state index in [9.17, 15) is 13.2 Å². The maximum Gasteiger partial charge on any atom is 0.245 e. The molecule has 1 saturated heterocycles. The van der Waals surface area contributed by atoms with Crippen LogP contribution >= 0.6 is 23.2 Å². The number of carbonyl (C=O) groups excluding carboxylic acids is 1. The molecule has 0 aromatic heterocycles. The number of sulfonamides is 1. The SMILES string of the molecule is NC(=O)C1CNCCN1S(=O)(=O)c1cccc(Cl)c1Cl. The molecule has 1 aromatic rings. The van der Waals surface area contributed by atoms with Crippen molar-refractivity contribution in [1.29, 1.82) is 0 Å². The Kier molecular flexibility index (Phi) is 4.55. The second kappa shape index (κ2) is 5.87. The van der Waals surface area contributed by atoms with E-state index in [2.05, 4.69) is 5.32 Å². The van der Waals surface area contributed by atoms with Crippen LogP contribution in [0.1, 0.15) is 0 Å². The lowest BCUT2D eigenvalue weighted by Crippen LogP contribution is -2.58. The highest BCUT2D eigenvalue weighted by molar-refractivity contribution is 7.89. The molecule has 1 unspecified atom stereocenters. The maximum absolute atomic E-state index is 12.6. The summed E-state index contributed by atoms with van der Waals surface area (Å²) in [5, 5.41) is 3.01. The first-order valence-corrected chi connectivity index (χ1v) is 8.01. The molecule has 3 N–H and O–H groups in total. The number of rotatable bonds is 3. The number of primary amides is 1. The van der Waals surface area contributed by atoms with Crippen molar-refractivity contribution in [1.82, 2.24) is 9.62 Å². The summed E-state index contributed by atoms with van der Waals surface area (Å²) in [4.78, 5) is 11.3. The number of hydrogen-bond acceptors (Lipinski definition) is 4. The maximum atomic E-state index is 12.6. The average molecular weight is 338 g/mol. The first-order valence-electron chi connectivity index (χ1n) is 5.81. The Labute approximate surface area is 126 Å². The van der Waals surface area contributed by atoms with Crippen molar-refractivity contribution in [2.45, 2.75) is 10.9 Å². The molecule has 2 rings (SSSR count). The van der Waals surface area contributed by atoms with Gasteiger partial charge in [0, 0.05) is 19.6 Å². The lowest BCUT2D eigenvalue weighted by molar-refractivity contribution is -0.122. The van der Waals surface area contributed by atoms with E-state index in [1.165, 1.54) is 18.2 Å². The minimum absolute atomic E-state index is 0.0593. The molecule has 1 heterocycles. The summed E-state index contributed by atoms with van der Waals surface area (Å²) in [6.45, 7) is 0.743. The van der Waals surface area contributed by atoms with Crippen LogP contribution in [-0.2, 0) is 14.8 Å². The van der Waals surface area contributed by atoms with E-state index in [0.717, 1.165) is 4.31 Å². The van der Waals surface area contributed by atoms with E-state index in [4.69, 9.17) is 28.9 Å². The van der Waals surface area contributed by atoms with Gasteiger partial charge >= 0.3 is 0 Å².